The summed E-state index contributed by atoms with van der Waals surface area (Å²) in [7, 11) is -2.94. The lowest BCUT2D eigenvalue weighted by molar-refractivity contribution is 0.0265. The highest BCUT2D eigenvalue weighted by Gasteiger charge is 2.51. The zero-order valence-electron chi connectivity index (χ0n) is 22.8. The van der Waals surface area contributed by atoms with Gasteiger partial charge in [-0.3, -0.25) is 0 Å². The van der Waals surface area contributed by atoms with E-state index in [2.05, 4.69) is 6.92 Å². The molecule has 198 valence electrons. The Morgan fingerprint density at radius 3 is 1.38 bits per heavy atom. The predicted octanol–water partition coefficient (Wildman–Crippen LogP) is 8.89. The van der Waals surface area contributed by atoms with Crippen LogP contribution >= 0.6 is 0 Å². The van der Waals surface area contributed by atoms with Gasteiger partial charge in [-0.25, -0.2) is 0 Å². The second-order valence-electron chi connectivity index (χ2n) is 9.21. The molecule has 0 aliphatic carbocycles. The van der Waals surface area contributed by atoms with Crippen LogP contribution < -0.4 is 4.74 Å². The first-order valence-corrected chi connectivity index (χ1v) is 16.2. The van der Waals surface area contributed by atoms with E-state index in [1.807, 2.05) is 51.1 Å². The molecule has 34 heavy (non-hydrogen) atoms. The van der Waals surface area contributed by atoms with Crippen LogP contribution in [0.1, 0.15) is 124 Å². The minimum atomic E-state index is -2.94. The normalized spacial score (nSPS) is 12.7. The van der Waals surface area contributed by atoms with Crippen LogP contribution in [0.25, 0.3) is 0 Å². The van der Waals surface area contributed by atoms with Gasteiger partial charge in [0.25, 0.3) is 0 Å². The van der Waals surface area contributed by atoms with Crippen LogP contribution in [0.3, 0.4) is 0 Å². The summed E-state index contributed by atoms with van der Waals surface area (Å²) < 4.78 is 25.0. The molecule has 0 radical (unpaired) electrons. The number of para-hydroxylation sites is 1. The van der Waals surface area contributed by atoms with Gasteiger partial charge in [0.15, 0.2) is 5.73 Å². The van der Waals surface area contributed by atoms with Gasteiger partial charge in [-0.2, -0.15) is 0 Å². The second kappa shape index (κ2) is 21.4. The Bertz CT molecular complexity index is 537. The summed E-state index contributed by atoms with van der Waals surface area (Å²) in [4.78, 5) is 0. The first-order chi connectivity index (χ1) is 16.7. The van der Waals surface area contributed by atoms with Gasteiger partial charge in [0, 0.05) is 19.8 Å². The van der Waals surface area contributed by atoms with E-state index in [-0.39, 0.29) is 5.73 Å². The Morgan fingerprint density at radius 1 is 0.559 bits per heavy atom. The standard InChI is InChI=1S/C29H54O4Si/c1-5-9-10-11-12-13-14-15-16-17-18-19-20-24-27-29(33-28-25-22-21-23-26-28)34(30-6-2,31-7-3)32-8-4/h21-23,25-26,29H,5-20,24,27H2,1-4H3. The molecule has 1 atom stereocenters. The zero-order valence-corrected chi connectivity index (χ0v) is 23.8. The average molecular weight is 495 g/mol. The van der Waals surface area contributed by atoms with Crippen molar-refractivity contribution >= 4 is 8.80 Å². The van der Waals surface area contributed by atoms with Gasteiger partial charge in [-0.15, -0.1) is 0 Å². The van der Waals surface area contributed by atoms with Crippen molar-refractivity contribution in [3.05, 3.63) is 30.3 Å². The molecule has 0 saturated carbocycles. The van der Waals surface area contributed by atoms with Crippen molar-refractivity contribution < 1.29 is 18.0 Å². The molecule has 0 fully saturated rings. The Balaban J connectivity index is 2.37. The molecule has 5 heteroatoms. The molecule has 0 saturated heterocycles. The lowest BCUT2D eigenvalue weighted by Gasteiger charge is -2.35. The molecule has 0 amide bonds. The molecule has 0 aromatic heterocycles. The average Bonchev–Trinajstić information content (AvgIpc) is 2.84. The van der Waals surface area contributed by atoms with Crippen LogP contribution in [-0.2, 0) is 13.3 Å². The van der Waals surface area contributed by atoms with Crippen molar-refractivity contribution in [2.75, 3.05) is 19.8 Å². The van der Waals surface area contributed by atoms with Gasteiger partial charge < -0.3 is 18.0 Å². The van der Waals surface area contributed by atoms with Crippen molar-refractivity contribution in [2.45, 2.75) is 130 Å². The minimum absolute atomic E-state index is 0.174. The SMILES string of the molecule is CCCCCCCCCCCCCCCCC(Oc1ccccc1)[Si](OCC)(OCC)OCC. The molecule has 1 rings (SSSR count). The summed E-state index contributed by atoms with van der Waals surface area (Å²) in [6.07, 6.45) is 19.9. The van der Waals surface area contributed by atoms with Crippen molar-refractivity contribution in [2.24, 2.45) is 0 Å². The van der Waals surface area contributed by atoms with E-state index < -0.39 is 8.80 Å². The van der Waals surface area contributed by atoms with Crippen LogP contribution in [0, 0.1) is 0 Å². The van der Waals surface area contributed by atoms with E-state index in [4.69, 9.17) is 18.0 Å². The molecule has 0 aliphatic rings. The monoisotopic (exact) mass is 494 g/mol. The van der Waals surface area contributed by atoms with Crippen molar-refractivity contribution in [3.8, 4) is 5.75 Å². The summed E-state index contributed by atoms with van der Waals surface area (Å²) in [5.41, 5.74) is -0.174. The molecule has 1 aromatic rings. The Kier molecular flexibility index (Phi) is 19.6. The summed E-state index contributed by atoms with van der Waals surface area (Å²) in [6, 6.07) is 10.0. The summed E-state index contributed by atoms with van der Waals surface area (Å²) in [6.45, 7) is 10.0. The fourth-order valence-corrected chi connectivity index (χ4v) is 7.36. The summed E-state index contributed by atoms with van der Waals surface area (Å²) in [5, 5.41) is 0. The van der Waals surface area contributed by atoms with Gasteiger partial charge in [-0.05, 0) is 45.7 Å². The smallest absolute Gasteiger partial charge is 0.486 e. The molecular formula is C29H54O4Si. The number of hydrogen-bond donors (Lipinski definition) is 0. The highest BCUT2D eigenvalue weighted by atomic mass is 28.4. The van der Waals surface area contributed by atoms with Gasteiger partial charge in [0.1, 0.15) is 5.75 Å². The third-order valence-corrected chi connectivity index (χ3v) is 9.54. The maximum atomic E-state index is 6.44. The van der Waals surface area contributed by atoms with Crippen molar-refractivity contribution in [3.63, 3.8) is 0 Å². The summed E-state index contributed by atoms with van der Waals surface area (Å²) >= 11 is 0. The molecule has 0 heterocycles. The van der Waals surface area contributed by atoms with Crippen LogP contribution in [-0.4, -0.2) is 34.4 Å². The van der Waals surface area contributed by atoms with Gasteiger partial charge in [-0.1, -0.05) is 109 Å². The zero-order chi connectivity index (χ0) is 24.7. The number of ether oxygens (including phenoxy) is 1. The molecule has 0 aliphatic heterocycles. The van der Waals surface area contributed by atoms with Crippen LogP contribution in [0.5, 0.6) is 5.75 Å². The Morgan fingerprint density at radius 2 is 0.971 bits per heavy atom. The van der Waals surface area contributed by atoms with Crippen molar-refractivity contribution in [1.29, 1.82) is 0 Å². The number of benzene rings is 1. The minimum Gasteiger partial charge on any atom is -0.486 e. The second-order valence-corrected chi connectivity index (χ2v) is 11.9. The largest absolute Gasteiger partial charge is 0.543 e. The maximum absolute atomic E-state index is 6.44. The van der Waals surface area contributed by atoms with Crippen LogP contribution in [0.2, 0.25) is 0 Å². The third-order valence-electron chi connectivity index (χ3n) is 6.27. The highest BCUT2D eigenvalue weighted by molar-refractivity contribution is 6.62. The number of rotatable bonds is 24. The van der Waals surface area contributed by atoms with Crippen LogP contribution in [0.4, 0.5) is 0 Å². The van der Waals surface area contributed by atoms with E-state index in [0.717, 1.165) is 18.6 Å². The first kappa shape index (κ1) is 31.1. The Hall–Kier alpha value is -0.883. The third kappa shape index (κ3) is 13.9. The molecule has 0 spiro atoms. The van der Waals surface area contributed by atoms with Gasteiger partial charge in [0.2, 0.25) is 0 Å². The molecule has 0 bridgehead atoms. The van der Waals surface area contributed by atoms with E-state index >= 15 is 0 Å². The fraction of sp³-hybridized carbons (Fsp3) is 0.793. The molecule has 4 nitrogen and oxygen atoms in total. The fourth-order valence-electron chi connectivity index (χ4n) is 4.50. The van der Waals surface area contributed by atoms with Crippen LogP contribution in [0.15, 0.2) is 30.3 Å². The maximum Gasteiger partial charge on any atom is 0.543 e. The predicted molar refractivity (Wildman–Crippen MR) is 146 cm³/mol. The number of unbranched alkanes of at least 4 members (excludes halogenated alkanes) is 13. The molecule has 1 aromatic carbocycles. The Labute approximate surface area is 212 Å². The highest BCUT2D eigenvalue weighted by Crippen LogP contribution is 2.26. The lowest BCUT2D eigenvalue weighted by Crippen LogP contribution is -2.59. The quantitative estimate of drug-likeness (QED) is 0.106. The van der Waals surface area contributed by atoms with Gasteiger partial charge in [0.05, 0.1) is 0 Å². The summed E-state index contributed by atoms with van der Waals surface area (Å²) in [5.74, 6) is 0.855. The lowest BCUT2D eigenvalue weighted by atomic mass is 10.0. The van der Waals surface area contributed by atoms with E-state index in [1.54, 1.807) is 0 Å². The molecular weight excluding hydrogens is 440 g/mol. The number of hydrogen-bond acceptors (Lipinski definition) is 4. The molecule has 1 unspecified atom stereocenters. The molecule has 0 N–H and O–H groups in total. The topological polar surface area (TPSA) is 36.9 Å². The van der Waals surface area contributed by atoms with E-state index in [0.29, 0.717) is 19.8 Å². The van der Waals surface area contributed by atoms with Gasteiger partial charge >= 0.3 is 8.80 Å². The van der Waals surface area contributed by atoms with E-state index in [9.17, 15) is 0 Å². The van der Waals surface area contributed by atoms with Crippen molar-refractivity contribution in [1.82, 2.24) is 0 Å². The van der Waals surface area contributed by atoms with E-state index in [1.165, 1.54) is 83.5 Å². The first-order valence-electron chi connectivity index (χ1n) is 14.4.